The van der Waals surface area contributed by atoms with Gasteiger partial charge in [-0.1, -0.05) is 0 Å². The lowest BCUT2D eigenvalue weighted by atomic mass is 9.90. The summed E-state index contributed by atoms with van der Waals surface area (Å²) in [6.07, 6.45) is 0.879. The van der Waals surface area contributed by atoms with E-state index in [1.807, 2.05) is 0 Å². The van der Waals surface area contributed by atoms with Gasteiger partial charge in [0, 0.05) is 20.6 Å². The molecular formula is C9H13NO4. The number of methoxy groups -OCH3 is 1. The number of rotatable bonds is 1. The summed E-state index contributed by atoms with van der Waals surface area (Å²) >= 11 is 0. The van der Waals surface area contributed by atoms with E-state index in [2.05, 4.69) is 0 Å². The molecule has 0 aromatic carbocycles. The zero-order chi connectivity index (χ0) is 9.87. The first kappa shape index (κ1) is 8.49. The van der Waals surface area contributed by atoms with Crippen LogP contribution in [0.3, 0.4) is 0 Å². The third kappa shape index (κ3) is 0.938. The molecule has 0 aromatic rings. The molecule has 5 heteroatoms. The normalized spacial score (nSPS) is 49.7. The Hall–Kier alpha value is -0.810. The van der Waals surface area contributed by atoms with Crippen molar-refractivity contribution in [1.29, 1.82) is 0 Å². The largest absolute Gasteiger partial charge is 0.444 e. The van der Waals surface area contributed by atoms with Gasteiger partial charge in [-0.3, -0.25) is 0 Å². The van der Waals surface area contributed by atoms with Crippen LogP contribution >= 0.6 is 0 Å². The Labute approximate surface area is 81.9 Å². The summed E-state index contributed by atoms with van der Waals surface area (Å²) in [6, 6.07) is 0.0243. The number of epoxide rings is 1. The third-order valence-corrected chi connectivity index (χ3v) is 3.39. The molecule has 1 amide bonds. The Kier molecular flexibility index (Phi) is 1.58. The summed E-state index contributed by atoms with van der Waals surface area (Å²) in [5.41, 5.74) is 0. The van der Waals surface area contributed by atoms with Crippen molar-refractivity contribution in [2.45, 2.75) is 36.9 Å². The van der Waals surface area contributed by atoms with E-state index in [0.29, 0.717) is 0 Å². The minimum atomic E-state index is -0.247. The van der Waals surface area contributed by atoms with Crippen molar-refractivity contribution in [3.05, 3.63) is 0 Å². The molecule has 0 unspecified atom stereocenters. The van der Waals surface area contributed by atoms with Crippen molar-refractivity contribution in [3.63, 3.8) is 0 Å². The minimum Gasteiger partial charge on any atom is -0.444 e. The Morgan fingerprint density at radius 2 is 2.29 bits per heavy atom. The second kappa shape index (κ2) is 2.61. The van der Waals surface area contributed by atoms with Crippen molar-refractivity contribution < 1.29 is 19.0 Å². The van der Waals surface area contributed by atoms with Gasteiger partial charge in [0.15, 0.2) is 0 Å². The summed E-state index contributed by atoms with van der Waals surface area (Å²) in [5, 5.41) is 0. The first-order valence-corrected chi connectivity index (χ1v) is 4.84. The maximum absolute atomic E-state index is 11.3. The Bertz CT molecular complexity index is 282. The maximum atomic E-state index is 11.3. The summed E-state index contributed by atoms with van der Waals surface area (Å²) in [6.45, 7) is 0. The minimum absolute atomic E-state index is 0.0243. The first-order chi connectivity index (χ1) is 6.72. The monoisotopic (exact) mass is 199 g/mol. The van der Waals surface area contributed by atoms with Gasteiger partial charge in [-0.05, 0) is 0 Å². The van der Waals surface area contributed by atoms with Crippen LogP contribution in [0.25, 0.3) is 0 Å². The standard InChI is InChI=1S/C9H13NO4/c1-10-6-4(14-9(10)11)3-5-7(13-5)8(6)12-2/h4-8H,3H2,1-2H3/t4-,5-,6-,7-,8-/m1/s1. The molecule has 3 fully saturated rings. The van der Waals surface area contributed by atoms with E-state index in [9.17, 15) is 4.79 Å². The van der Waals surface area contributed by atoms with Gasteiger partial charge in [0.25, 0.3) is 0 Å². The number of likely N-dealkylation sites (N-methyl/N-ethyl adjacent to an activating group) is 1. The second-order valence-electron chi connectivity index (χ2n) is 4.10. The molecule has 3 aliphatic rings. The summed E-state index contributed by atoms with van der Waals surface area (Å²) in [5.74, 6) is 0. The lowest BCUT2D eigenvalue weighted by Gasteiger charge is -2.30. The van der Waals surface area contributed by atoms with Gasteiger partial charge in [0.2, 0.25) is 0 Å². The molecule has 5 atom stereocenters. The van der Waals surface area contributed by atoms with E-state index in [1.165, 1.54) is 0 Å². The number of carbonyl (C=O) groups is 1. The van der Waals surface area contributed by atoms with Gasteiger partial charge >= 0.3 is 6.09 Å². The van der Waals surface area contributed by atoms with Crippen LogP contribution in [0.15, 0.2) is 0 Å². The number of hydrogen-bond donors (Lipinski definition) is 0. The molecular weight excluding hydrogens is 186 g/mol. The summed E-state index contributed by atoms with van der Waals surface area (Å²) < 4.78 is 16.1. The zero-order valence-electron chi connectivity index (χ0n) is 8.17. The van der Waals surface area contributed by atoms with E-state index < -0.39 is 0 Å². The van der Waals surface area contributed by atoms with Crippen LogP contribution in [0.1, 0.15) is 6.42 Å². The fraction of sp³-hybridized carbons (Fsp3) is 0.889. The third-order valence-electron chi connectivity index (χ3n) is 3.39. The highest BCUT2D eigenvalue weighted by atomic mass is 16.6. The van der Waals surface area contributed by atoms with Gasteiger partial charge in [-0.15, -0.1) is 0 Å². The topological polar surface area (TPSA) is 51.3 Å². The number of fused-ring (bicyclic) bond motifs is 2. The van der Waals surface area contributed by atoms with E-state index in [0.717, 1.165) is 6.42 Å². The molecule has 1 aliphatic carbocycles. The predicted molar refractivity (Wildman–Crippen MR) is 45.9 cm³/mol. The average Bonchev–Trinajstić information content (AvgIpc) is 2.87. The average molecular weight is 199 g/mol. The number of carbonyl (C=O) groups excluding carboxylic acids is 1. The highest BCUT2D eigenvalue weighted by Crippen LogP contribution is 2.43. The quantitative estimate of drug-likeness (QED) is 0.557. The molecule has 2 heterocycles. The molecule has 78 valence electrons. The van der Waals surface area contributed by atoms with Crippen molar-refractivity contribution in [2.75, 3.05) is 14.2 Å². The Morgan fingerprint density at radius 3 is 3.00 bits per heavy atom. The summed E-state index contributed by atoms with van der Waals surface area (Å²) in [7, 11) is 3.41. The van der Waals surface area contributed by atoms with Crippen LogP contribution in [0.2, 0.25) is 0 Å². The van der Waals surface area contributed by atoms with Gasteiger partial charge in [-0.2, -0.15) is 0 Å². The lowest BCUT2D eigenvalue weighted by molar-refractivity contribution is 0.000241. The predicted octanol–water partition coefficient (Wildman–Crippen LogP) is -0.00830. The van der Waals surface area contributed by atoms with Crippen LogP contribution in [0.5, 0.6) is 0 Å². The molecule has 0 N–H and O–H groups in total. The molecule has 2 saturated heterocycles. The maximum Gasteiger partial charge on any atom is 0.410 e. The van der Waals surface area contributed by atoms with Crippen molar-refractivity contribution >= 4 is 6.09 Å². The van der Waals surface area contributed by atoms with Crippen molar-refractivity contribution in [3.8, 4) is 0 Å². The molecule has 0 bridgehead atoms. The Morgan fingerprint density at radius 1 is 1.50 bits per heavy atom. The first-order valence-electron chi connectivity index (χ1n) is 4.84. The fourth-order valence-corrected chi connectivity index (χ4v) is 2.60. The van der Waals surface area contributed by atoms with Gasteiger partial charge in [-0.25, -0.2) is 4.79 Å². The number of ether oxygens (including phenoxy) is 3. The van der Waals surface area contributed by atoms with E-state index in [-0.39, 0.29) is 36.6 Å². The molecule has 0 aromatic heterocycles. The lowest BCUT2D eigenvalue weighted by Crippen LogP contribution is -2.50. The second-order valence-corrected chi connectivity index (χ2v) is 4.10. The van der Waals surface area contributed by atoms with Crippen LogP contribution in [0, 0.1) is 0 Å². The zero-order valence-corrected chi connectivity index (χ0v) is 8.17. The van der Waals surface area contributed by atoms with Crippen LogP contribution in [-0.2, 0) is 14.2 Å². The molecule has 0 radical (unpaired) electrons. The van der Waals surface area contributed by atoms with Crippen molar-refractivity contribution in [1.82, 2.24) is 4.90 Å². The molecule has 3 rings (SSSR count). The molecule has 1 saturated carbocycles. The van der Waals surface area contributed by atoms with Crippen LogP contribution < -0.4 is 0 Å². The van der Waals surface area contributed by atoms with E-state index >= 15 is 0 Å². The number of nitrogens with zero attached hydrogens (tertiary/aromatic N) is 1. The van der Waals surface area contributed by atoms with Crippen molar-refractivity contribution in [2.24, 2.45) is 0 Å². The molecule has 5 nitrogen and oxygen atoms in total. The molecule has 2 aliphatic heterocycles. The van der Waals surface area contributed by atoms with Crippen LogP contribution in [-0.4, -0.2) is 55.6 Å². The Balaban J connectivity index is 1.88. The molecule has 0 spiro atoms. The van der Waals surface area contributed by atoms with Gasteiger partial charge in [0.1, 0.15) is 24.4 Å². The summed E-state index contributed by atoms with van der Waals surface area (Å²) in [4.78, 5) is 13.0. The van der Waals surface area contributed by atoms with Gasteiger partial charge in [0.05, 0.1) is 6.10 Å². The van der Waals surface area contributed by atoms with Crippen LogP contribution in [0.4, 0.5) is 4.79 Å². The SMILES string of the molecule is CO[C@H]1[C@@H]2O[C@@H]2C[C@H]2OC(=O)N(C)[C@@H]12. The van der Waals surface area contributed by atoms with E-state index in [4.69, 9.17) is 14.2 Å². The van der Waals surface area contributed by atoms with Gasteiger partial charge < -0.3 is 19.1 Å². The number of hydrogen-bond acceptors (Lipinski definition) is 4. The fourth-order valence-electron chi connectivity index (χ4n) is 2.60. The highest BCUT2D eigenvalue weighted by Gasteiger charge is 2.61. The molecule has 14 heavy (non-hydrogen) atoms. The highest BCUT2D eigenvalue weighted by molar-refractivity contribution is 5.70. The van der Waals surface area contributed by atoms with E-state index in [1.54, 1.807) is 19.1 Å². The number of amides is 1. The smallest absolute Gasteiger partial charge is 0.410 e.